The number of unbranched alkanes of at least 4 members (excludes halogenated alkanes) is 3. The van der Waals surface area contributed by atoms with Gasteiger partial charge in [-0.3, -0.25) is 0 Å². The van der Waals surface area contributed by atoms with Crippen molar-refractivity contribution in [1.82, 2.24) is 0 Å². The normalized spacial score (nSPS) is 16.9. The molecule has 0 radical (unpaired) electrons. The fraction of sp³-hybridized carbons (Fsp3) is 0.314. The Morgan fingerprint density at radius 1 is 0.674 bits per heavy atom. The summed E-state index contributed by atoms with van der Waals surface area (Å²) in [5.41, 5.74) is -1.47. The summed E-state index contributed by atoms with van der Waals surface area (Å²) in [4.78, 5) is 0. The molecule has 0 atom stereocenters. The van der Waals surface area contributed by atoms with E-state index in [2.05, 4.69) is 11.7 Å². The number of halogens is 8. The molecule has 0 unspecified atom stereocenters. The van der Waals surface area contributed by atoms with Crippen LogP contribution in [-0.2, 0) is 15.6 Å². The summed E-state index contributed by atoms with van der Waals surface area (Å²) >= 11 is 0. The first-order chi connectivity index (χ1) is 22.0. The molecule has 4 aromatic carbocycles. The van der Waals surface area contributed by atoms with Crippen molar-refractivity contribution in [3.05, 3.63) is 113 Å². The predicted molar refractivity (Wildman–Crippen MR) is 155 cm³/mol. The van der Waals surface area contributed by atoms with E-state index in [1.807, 2.05) is 0 Å². The third kappa shape index (κ3) is 7.53. The van der Waals surface area contributed by atoms with Gasteiger partial charge < -0.3 is 14.2 Å². The van der Waals surface area contributed by atoms with Gasteiger partial charge in [0.2, 0.25) is 0 Å². The molecule has 11 heteroatoms. The molecule has 1 saturated heterocycles. The second-order valence-corrected chi connectivity index (χ2v) is 11.2. The standard InChI is InChI=1S/C35H30F8O3/c1-2-3-4-5-6-20-18-44-34(45-19-20)24-16-28(37)32(29(38)17-24)35(42,43)46-25-10-7-21(8-11-25)22-9-12-26(27(36)13-22)23-14-30(39)33(41)31(40)15-23/h7-17,20,34H,2-6,18-19H2,1H3. The van der Waals surface area contributed by atoms with Crippen LogP contribution in [0.25, 0.3) is 22.3 Å². The van der Waals surface area contributed by atoms with Gasteiger partial charge in [-0.25, -0.2) is 26.3 Å². The molecule has 0 aromatic heterocycles. The molecule has 0 saturated carbocycles. The largest absolute Gasteiger partial charge is 0.432 e. The molecule has 46 heavy (non-hydrogen) atoms. The summed E-state index contributed by atoms with van der Waals surface area (Å²) in [6.07, 6.45) is -0.250. The second-order valence-electron chi connectivity index (χ2n) is 11.2. The number of ether oxygens (including phenoxy) is 3. The van der Waals surface area contributed by atoms with Crippen LogP contribution >= 0.6 is 0 Å². The zero-order valence-electron chi connectivity index (χ0n) is 24.7. The van der Waals surface area contributed by atoms with E-state index in [-0.39, 0.29) is 28.2 Å². The van der Waals surface area contributed by atoms with Gasteiger partial charge in [0.1, 0.15) is 28.8 Å². The van der Waals surface area contributed by atoms with Crippen LogP contribution in [0.15, 0.2) is 66.7 Å². The maximum Gasteiger partial charge on any atom is 0.432 e. The lowest BCUT2D eigenvalue weighted by atomic mass is 9.99. The molecule has 0 spiro atoms. The predicted octanol–water partition coefficient (Wildman–Crippen LogP) is 10.6. The van der Waals surface area contributed by atoms with Crippen molar-refractivity contribution in [1.29, 1.82) is 0 Å². The summed E-state index contributed by atoms with van der Waals surface area (Å²) in [6.45, 7) is 2.76. The van der Waals surface area contributed by atoms with E-state index in [4.69, 9.17) is 9.47 Å². The average molecular weight is 651 g/mol. The number of hydrogen-bond acceptors (Lipinski definition) is 3. The van der Waals surface area contributed by atoms with Crippen molar-refractivity contribution in [2.45, 2.75) is 51.4 Å². The van der Waals surface area contributed by atoms with Crippen molar-refractivity contribution in [2.75, 3.05) is 13.2 Å². The third-order valence-corrected chi connectivity index (χ3v) is 7.76. The summed E-state index contributed by atoms with van der Waals surface area (Å²) < 4.78 is 131. The minimum Gasteiger partial charge on any atom is -0.429 e. The molecule has 3 nitrogen and oxygen atoms in total. The van der Waals surface area contributed by atoms with Crippen LogP contribution in [0.3, 0.4) is 0 Å². The zero-order valence-corrected chi connectivity index (χ0v) is 24.7. The quantitative estimate of drug-likeness (QED) is 0.0919. The van der Waals surface area contributed by atoms with Gasteiger partial charge in [0.25, 0.3) is 0 Å². The topological polar surface area (TPSA) is 27.7 Å². The van der Waals surface area contributed by atoms with E-state index in [0.717, 1.165) is 62.4 Å². The fourth-order valence-electron chi connectivity index (χ4n) is 5.32. The van der Waals surface area contributed by atoms with Crippen LogP contribution in [0.4, 0.5) is 35.1 Å². The highest BCUT2D eigenvalue weighted by molar-refractivity contribution is 5.71. The minimum atomic E-state index is -4.40. The van der Waals surface area contributed by atoms with Crippen LogP contribution in [0.2, 0.25) is 0 Å². The van der Waals surface area contributed by atoms with E-state index < -0.39 is 58.6 Å². The van der Waals surface area contributed by atoms with Crippen molar-refractivity contribution < 1.29 is 49.3 Å². The molecule has 4 aromatic rings. The minimum absolute atomic E-state index is 0.0729. The summed E-state index contributed by atoms with van der Waals surface area (Å²) in [5.74, 6) is -8.89. The van der Waals surface area contributed by atoms with E-state index in [1.165, 1.54) is 24.3 Å². The highest BCUT2D eigenvalue weighted by Crippen LogP contribution is 2.38. The summed E-state index contributed by atoms with van der Waals surface area (Å²) in [7, 11) is 0. The van der Waals surface area contributed by atoms with Gasteiger partial charge in [-0.15, -0.1) is 0 Å². The first-order valence-electron chi connectivity index (χ1n) is 14.8. The molecular weight excluding hydrogens is 620 g/mol. The van der Waals surface area contributed by atoms with E-state index in [0.29, 0.717) is 30.9 Å². The summed E-state index contributed by atoms with van der Waals surface area (Å²) in [6, 6.07) is 11.3. The lowest BCUT2D eigenvalue weighted by Gasteiger charge is -2.30. The second kappa shape index (κ2) is 14.2. The Hall–Kier alpha value is -3.96. The molecule has 0 N–H and O–H groups in total. The molecule has 244 valence electrons. The van der Waals surface area contributed by atoms with Crippen molar-refractivity contribution in [3.8, 4) is 28.0 Å². The fourth-order valence-corrected chi connectivity index (χ4v) is 5.32. The lowest BCUT2D eigenvalue weighted by Crippen LogP contribution is -2.28. The van der Waals surface area contributed by atoms with Gasteiger partial charge in [-0.2, -0.15) is 8.78 Å². The van der Waals surface area contributed by atoms with Crippen molar-refractivity contribution in [3.63, 3.8) is 0 Å². The molecule has 0 bridgehead atoms. The Kier molecular flexibility index (Phi) is 10.3. The number of hydrogen-bond donors (Lipinski definition) is 0. The molecular formula is C35H30F8O3. The van der Waals surface area contributed by atoms with Gasteiger partial charge in [0.15, 0.2) is 23.7 Å². The van der Waals surface area contributed by atoms with E-state index in [9.17, 15) is 26.3 Å². The molecule has 5 rings (SSSR count). The Balaban J connectivity index is 1.25. The van der Waals surface area contributed by atoms with Gasteiger partial charge in [0, 0.05) is 17.0 Å². The Bertz CT molecular complexity index is 1620. The van der Waals surface area contributed by atoms with Crippen molar-refractivity contribution in [2.24, 2.45) is 5.92 Å². The molecule has 1 heterocycles. The zero-order chi connectivity index (χ0) is 33.0. The molecule has 0 aliphatic carbocycles. The van der Waals surface area contributed by atoms with Gasteiger partial charge >= 0.3 is 6.11 Å². The van der Waals surface area contributed by atoms with E-state index >= 15 is 8.78 Å². The summed E-state index contributed by atoms with van der Waals surface area (Å²) in [5, 5.41) is 0. The number of benzene rings is 4. The smallest absolute Gasteiger partial charge is 0.429 e. The van der Waals surface area contributed by atoms with Crippen LogP contribution in [0, 0.1) is 40.8 Å². The van der Waals surface area contributed by atoms with Gasteiger partial charge in [-0.05, 0) is 65.6 Å². The lowest BCUT2D eigenvalue weighted by molar-refractivity contribution is -0.206. The van der Waals surface area contributed by atoms with Crippen LogP contribution in [0.1, 0.15) is 56.4 Å². The molecule has 1 aliphatic heterocycles. The Labute approximate surface area is 260 Å². The van der Waals surface area contributed by atoms with Crippen LogP contribution in [-0.4, -0.2) is 13.2 Å². The first kappa shape index (κ1) is 33.4. The number of rotatable bonds is 11. The maximum atomic E-state index is 15.0. The van der Waals surface area contributed by atoms with Gasteiger partial charge in [-0.1, -0.05) is 56.9 Å². The molecule has 1 fully saturated rings. The number of alkyl halides is 2. The SMILES string of the molecule is CCCCCCC1COC(c2cc(F)c(C(F)(F)Oc3ccc(-c4ccc(-c5cc(F)c(F)c(F)c5)c(F)c4)cc3)c(F)c2)OC1. The van der Waals surface area contributed by atoms with E-state index in [1.54, 1.807) is 0 Å². The third-order valence-electron chi connectivity index (χ3n) is 7.76. The highest BCUT2D eigenvalue weighted by atomic mass is 19.3. The molecule has 1 aliphatic rings. The van der Waals surface area contributed by atoms with Crippen LogP contribution in [0.5, 0.6) is 5.75 Å². The monoisotopic (exact) mass is 650 g/mol. The van der Waals surface area contributed by atoms with Crippen LogP contribution < -0.4 is 4.74 Å². The van der Waals surface area contributed by atoms with Crippen molar-refractivity contribution >= 4 is 0 Å². The molecule has 0 amide bonds. The Morgan fingerprint density at radius 3 is 1.85 bits per heavy atom. The van der Waals surface area contributed by atoms with Gasteiger partial charge in [0.05, 0.1) is 13.2 Å². The Morgan fingerprint density at radius 2 is 1.26 bits per heavy atom. The maximum absolute atomic E-state index is 15.0. The highest BCUT2D eigenvalue weighted by Gasteiger charge is 2.42. The first-order valence-corrected chi connectivity index (χ1v) is 14.8. The average Bonchev–Trinajstić information content (AvgIpc) is 3.01.